The normalized spacial score (nSPS) is 13.3. The fourth-order valence-electron chi connectivity index (χ4n) is 2.75. The van der Waals surface area contributed by atoms with E-state index in [1.54, 1.807) is 0 Å². The predicted molar refractivity (Wildman–Crippen MR) is 110 cm³/mol. The zero-order chi connectivity index (χ0) is 18.8. The van der Waals surface area contributed by atoms with Crippen LogP contribution in [-0.2, 0) is 13.3 Å². The van der Waals surface area contributed by atoms with Crippen molar-refractivity contribution >= 4 is 8.80 Å². The first-order chi connectivity index (χ1) is 12.2. The van der Waals surface area contributed by atoms with Crippen molar-refractivity contribution in [3.05, 3.63) is 0 Å². The molecule has 1 unspecified atom stereocenters. The molecule has 0 aromatic heterocycles. The van der Waals surface area contributed by atoms with Crippen LogP contribution in [0.4, 0.5) is 0 Å². The second-order valence-electron chi connectivity index (χ2n) is 7.02. The molecule has 0 aromatic carbocycles. The van der Waals surface area contributed by atoms with Crippen LogP contribution in [0.3, 0.4) is 0 Å². The molecule has 25 heavy (non-hydrogen) atoms. The van der Waals surface area contributed by atoms with Crippen LogP contribution < -0.4 is 5.73 Å². The Balaban J connectivity index is 4.85. The third-order valence-corrected chi connectivity index (χ3v) is 7.49. The van der Waals surface area contributed by atoms with Crippen LogP contribution in [-0.4, -0.2) is 34.3 Å². The Hall–Kier alpha value is 0.0569. The van der Waals surface area contributed by atoms with Gasteiger partial charge in [0.25, 0.3) is 0 Å². The number of hydrogen-bond acceptors (Lipinski definition) is 4. The first-order valence-electron chi connectivity index (χ1n) is 10.8. The van der Waals surface area contributed by atoms with Gasteiger partial charge in [0.2, 0.25) is 0 Å². The van der Waals surface area contributed by atoms with Gasteiger partial charge in [0, 0.05) is 19.8 Å². The molecule has 5 heteroatoms. The van der Waals surface area contributed by atoms with E-state index in [1.165, 1.54) is 38.5 Å². The fourth-order valence-corrected chi connectivity index (χ4v) is 5.48. The maximum Gasteiger partial charge on any atom is 0.518 e. The Morgan fingerprint density at radius 1 is 0.600 bits per heavy atom. The lowest BCUT2D eigenvalue weighted by Gasteiger charge is -2.34. The molecule has 0 aromatic rings. The lowest BCUT2D eigenvalue weighted by molar-refractivity contribution is 0.0460. The van der Waals surface area contributed by atoms with Gasteiger partial charge < -0.3 is 19.0 Å². The summed E-state index contributed by atoms with van der Waals surface area (Å²) in [6.45, 7) is 11.0. The molecule has 1 atom stereocenters. The van der Waals surface area contributed by atoms with Crippen LogP contribution in [0.2, 0.25) is 0 Å². The van der Waals surface area contributed by atoms with Crippen molar-refractivity contribution in [2.24, 2.45) is 5.73 Å². The van der Waals surface area contributed by atoms with E-state index in [-0.39, 0.29) is 5.67 Å². The minimum Gasteiger partial charge on any atom is -0.373 e. The van der Waals surface area contributed by atoms with Gasteiger partial charge in [-0.1, -0.05) is 79.1 Å². The van der Waals surface area contributed by atoms with Gasteiger partial charge in [-0.25, -0.2) is 0 Å². The number of unbranched alkanes of at least 4 members (excludes halogenated alkanes) is 7. The fraction of sp³-hybridized carbons (Fsp3) is 1.00. The van der Waals surface area contributed by atoms with E-state index >= 15 is 0 Å². The van der Waals surface area contributed by atoms with Crippen molar-refractivity contribution < 1.29 is 13.3 Å². The summed E-state index contributed by atoms with van der Waals surface area (Å²) in [6.07, 6.45) is 13.5. The molecule has 0 fully saturated rings. The van der Waals surface area contributed by atoms with Gasteiger partial charge in [0.15, 0.2) is 0 Å². The van der Waals surface area contributed by atoms with Crippen LogP contribution in [0.1, 0.15) is 105 Å². The largest absolute Gasteiger partial charge is 0.518 e. The molecule has 152 valence electrons. The monoisotopic (exact) mass is 375 g/mol. The summed E-state index contributed by atoms with van der Waals surface area (Å²) >= 11 is 0. The van der Waals surface area contributed by atoms with Gasteiger partial charge in [-0.3, -0.25) is 0 Å². The summed E-state index contributed by atoms with van der Waals surface area (Å²) in [5.74, 6) is 0. The number of hydrogen-bond donors (Lipinski definition) is 1. The van der Waals surface area contributed by atoms with Crippen LogP contribution in [0.25, 0.3) is 0 Å². The predicted octanol–water partition coefficient (Wildman–Crippen LogP) is 5.60. The van der Waals surface area contributed by atoms with Crippen molar-refractivity contribution in [3.63, 3.8) is 0 Å². The van der Waals surface area contributed by atoms with E-state index in [9.17, 15) is 0 Å². The molecule has 0 aliphatic rings. The Bertz CT molecular complexity index is 248. The van der Waals surface area contributed by atoms with Crippen LogP contribution >= 0.6 is 0 Å². The highest BCUT2D eigenvalue weighted by molar-refractivity contribution is 6.62. The summed E-state index contributed by atoms with van der Waals surface area (Å²) in [6, 6.07) is 0. The molecule has 2 N–H and O–H groups in total. The molecule has 4 nitrogen and oxygen atoms in total. The van der Waals surface area contributed by atoms with E-state index in [2.05, 4.69) is 27.7 Å². The van der Waals surface area contributed by atoms with Gasteiger partial charge in [-0.15, -0.1) is 0 Å². The lowest BCUT2D eigenvalue weighted by atomic mass is 10.2. The SMILES string of the molecule is CCCCCO[Si](OCCCCC)(OCCCCC)C(N)CCCC. The number of rotatable bonds is 19. The average molecular weight is 376 g/mol. The number of nitrogens with two attached hydrogens (primary N) is 1. The van der Waals surface area contributed by atoms with E-state index in [1.807, 2.05) is 0 Å². The van der Waals surface area contributed by atoms with Crippen molar-refractivity contribution in [1.29, 1.82) is 0 Å². The molecule has 0 heterocycles. The van der Waals surface area contributed by atoms with Gasteiger partial charge >= 0.3 is 8.80 Å². The minimum atomic E-state index is -2.81. The summed E-state index contributed by atoms with van der Waals surface area (Å²) in [4.78, 5) is 0. The molecule has 0 saturated heterocycles. The Morgan fingerprint density at radius 3 is 1.28 bits per heavy atom. The summed E-state index contributed by atoms with van der Waals surface area (Å²) in [7, 11) is -2.81. The zero-order valence-corrected chi connectivity index (χ0v) is 18.5. The second-order valence-corrected chi connectivity index (χ2v) is 9.83. The molecule has 0 saturated carbocycles. The van der Waals surface area contributed by atoms with Crippen LogP contribution in [0, 0.1) is 0 Å². The standard InChI is InChI=1S/C20H45NO3Si/c1-5-9-13-17-22-25(20(21)16-12-8-4,23-18-14-10-6-2)24-19-15-11-7-3/h20H,5-19,21H2,1-4H3. The molecule has 0 amide bonds. The zero-order valence-electron chi connectivity index (χ0n) is 17.5. The van der Waals surface area contributed by atoms with Crippen molar-refractivity contribution in [3.8, 4) is 0 Å². The highest BCUT2D eigenvalue weighted by Gasteiger charge is 2.47. The Kier molecular flexibility index (Phi) is 17.5. The summed E-state index contributed by atoms with van der Waals surface area (Å²) < 4.78 is 19.0. The Morgan fingerprint density at radius 2 is 0.960 bits per heavy atom. The van der Waals surface area contributed by atoms with E-state index in [4.69, 9.17) is 19.0 Å². The van der Waals surface area contributed by atoms with E-state index in [0.717, 1.165) is 38.5 Å². The lowest BCUT2D eigenvalue weighted by Crippen LogP contribution is -2.60. The summed E-state index contributed by atoms with van der Waals surface area (Å²) in [5.41, 5.74) is 6.47. The maximum atomic E-state index is 6.57. The third kappa shape index (κ3) is 12.1. The first kappa shape index (κ1) is 25.1. The van der Waals surface area contributed by atoms with Crippen molar-refractivity contribution in [1.82, 2.24) is 0 Å². The van der Waals surface area contributed by atoms with Crippen molar-refractivity contribution in [2.45, 2.75) is 110 Å². The van der Waals surface area contributed by atoms with Crippen LogP contribution in [0.5, 0.6) is 0 Å². The van der Waals surface area contributed by atoms with Gasteiger partial charge in [0.1, 0.15) is 0 Å². The smallest absolute Gasteiger partial charge is 0.373 e. The van der Waals surface area contributed by atoms with Gasteiger partial charge in [-0.2, -0.15) is 0 Å². The molecule has 0 aliphatic heterocycles. The molecule has 0 aliphatic carbocycles. The van der Waals surface area contributed by atoms with Crippen LogP contribution in [0.15, 0.2) is 0 Å². The highest BCUT2D eigenvalue weighted by Crippen LogP contribution is 2.20. The van der Waals surface area contributed by atoms with E-state index < -0.39 is 8.80 Å². The Labute approximate surface area is 158 Å². The highest BCUT2D eigenvalue weighted by atomic mass is 28.4. The third-order valence-electron chi connectivity index (χ3n) is 4.48. The topological polar surface area (TPSA) is 53.7 Å². The molecule has 0 radical (unpaired) electrons. The van der Waals surface area contributed by atoms with Gasteiger partial charge in [-0.05, 0) is 25.7 Å². The molecule has 0 spiro atoms. The molecule has 0 bridgehead atoms. The molecule has 0 rings (SSSR count). The summed E-state index contributed by atoms with van der Waals surface area (Å²) in [5, 5.41) is 0. The maximum absolute atomic E-state index is 6.57. The minimum absolute atomic E-state index is 0.0997. The quantitative estimate of drug-likeness (QED) is 0.236. The van der Waals surface area contributed by atoms with Crippen molar-refractivity contribution in [2.75, 3.05) is 19.8 Å². The molecular weight excluding hydrogens is 330 g/mol. The van der Waals surface area contributed by atoms with Gasteiger partial charge in [0.05, 0.1) is 5.67 Å². The second kappa shape index (κ2) is 17.5. The average Bonchev–Trinajstić information content (AvgIpc) is 2.63. The molecular formula is C20H45NO3Si. The first-order valence-corrected chi connectivity index (χ1v) is 12.6. The van der Waals surface area contributed by atoms with E-state index in [0.29, 0.717) is 19.8 Å².